The van der Waals surface area contributed by atoms with Gasteiger partial charge in [-0.05, 0) is 15.9 Å². The highest BCUT2D eigenvalue weighted by Crippen LogP contribution is 2.25. The van der Waals surface area contributed by atoms with Gasteiger partial charge in [0.25, 0.3) is 6.43 Å². The van der Waals surface area contributed by atoms with Crippen LogP contribution in [-0.2, 0) is 0 Å². The fourth-order valence-electron chi connectivity index (χ4n) is 0.958. The SMILES string of the molecule is CNc1ncnc(NCC(O)C(F)F)c1Br. The maximum atomic E-state index is 12.0. The number of halogens is 3. The van der Waals surface area contributed by atoms with Gasteiger partial charge in [0.15, 0.2) is 0 Å². The van der Waals surface area contributed by atoms with Gasteiger partial charge in [0.05, 0.1) is 0 Å². The van der Waals surface area contributed by atoms with E-state index in [1.807, 2.05) is 0 Å². The molecule has 16 heavy (non-hydrogen) atoms. The van der Waals surface area contributed by atoms with Crippen molar-refractivity contribution in [2.24, 2.45) is 0 Å². The van der Waals surface area contributed by atoms with Gasteiger partial charge in [-0.2, -0.15) is 0 Å². The van der Waals surface area contributed by atoms with Gasteiger partial charge in [-0.15, -0.1) is 0 Å². The third-order valence-corrected chi connectivity index (χ3v) is 2.55. The van der Waals surface area contributed by atoms with Gasteiger partial charge in [0, 0.05) is 13.6 Å². The van der Waals surface area contributed by atoms with E-state index in [4.69, 9.17) is 5.11 Å². The van der Waals surface area contributed by atoms with E-state index in [0.717, 1.165) is 0 Å². The topological polar surface area (TPSA) is 70.1 Å². The smallest absolute Gasteiger partial charge is 0.265 e. The van der Waals surface area contributed by atoms with Crippen LogP contribution in [0.2, 0.25) is 0 Å². The first-order valence-electron chi connectivity index (χ1n) is 4.44. The molecule has 0 radical (unpaired) electrons. The van der Waals surface area contributed by atoms with Crippen LogP contribution in [0.25, 0.3) is 0 Å². The molecule has 0 aromatic carbocycles. The Bertz CT molecular complexity index is 353. The summed E-state index contributed by atoms with van der Waals surface area (Å²) >= 11 is 3.21. The van der Waals surface area contributed by atoms with Crippen molar-refractivity contribution in [2.45, 2.75) is 12.5 Å². The average molecular weight is 297 g/mol. The minimum atomic E-state index is -2.78. The van der Waals surface area contributed by atoms with E-state index in [1.165, 1.54) is 6.33 Å². The van der Waals surface area contributed by atoms with Crippen LogP contribution in [0, 0.1) is 0 Å². The molecule has 1 rings (SSSR count). The first-order valence-corrected chi connectivity index (χ1v) is 5.24. The molecule has 0 aliphatic heterocycles. The Labute approximate surface area is 99.4 Å². The number of anilines is 2. The molecule has 0 bridgehead atoms. The third-order valence-electron chi connectivity index (χ3n) is 1.80. The van der Waals surface area contributed by atoms with Crippen LogP contribution < -0.4 is 10.6 Å². The summed E-state index contributed by atoms with van der Waals surface area (Å²) < 4.78 is 24.6. The van der Waals surface area contributed by atoms with Crippen molar-refractivity contribution in [1.29, 1.82) is 0 Å². The van der Waals surface area contributed by atoms with E-state index in [2.05, 4.69) is 36.5 Å². The minimum Gasteiger partial charge on any atom is -0.385 e. The molecule has 0 saturated heterocycles. The van der Waals surface area contributed by atoms with Crippen LogP contribution in [-0.4, -0.2) is 41.2 Å². The summed E-state index contributed by atoms with van der Waals surface area (Å²) in [5.74, 6) is 0.878. The Balaban J connectivity index is 2.67. The van der Waals surface area contributed by atoms with Gasteiger partial charge >= 0.3 is 0 Å². The summed E-state index contributed by atoms with van der Waals surface area (Å²) in [6.07, 6.45) is -3.22. The fourth-order valence-corrected chi connectivity index (χ4v) is 1.50. The van der Waals surface area contributed by atoms with Crippen molar-refractivity contribution in [3.05, 3.63) is 10.8 Å². The Morgan fingerprint density at radius 1 is 1.44 bits per heavy atom. The number of hydrogen-bond donors (Lipinski definition) is 3. The molecule has 0 aliphatic carbocycles. The maximum Gasteiger partial charge on any atom is 0.265 e. The number of aliphatic hydroxyl groups excluding tert-OH is 1. The Kier molecular flexibility index (Phi) is 4.81. The lowest BCUT2D eigenvalue weighted by Crippen LogP contribution is -2.27. The first-order chi connectivity index (χ1) is 7.56. The second kappa shape index (κ2) is 5.90. The van der Waals surface area contributed by atoms with E-state index in [-0.39, 0.29) is 6.54 Å². The van der Waals surface area contributed by atoms with Crippen LogP contribution in [0.4, 0.5) is 20.4 Å². The molecule has 5 nitrogen and oxygen atoms in total. The zero-order valence-electron chi connectivity index (χ0n) is 8.41. The summed E-state index contributed by atoms with van der Waals surface area (Å²) in [5.41, 5.74) is 0. The summed E-state index contributed by atoms with van der Waals surface area (Å²) in [6, 6.07) is 0. The summed E-state index contributed by atoms with van der Waals surface area (Å²) in [6.45, 7) is -0.281. The molecule has 8 heteroatoms. The van der Waals surface area contributed by atoms with Crippen molar-refractivity contribution < 1.29 is 13.9 Å². The number of alkyl halides is 2. The fraction of sp³-hybridized carbons (Fsp3) is 0.500. The molecule has 0 aliphatic rings. The van der Waals surface area contributed by atoms with E-state index in [0.29, 0.717) is 16.1 Å². The Morgan fingerprint density at radius 3 is 2.62 bits per heavy atom. The lowest BCUT2D eigenvalue weighted by molar-refractivity contribution is 0.00380. The summed E-state index contributed by atoms with van der Waals surface area (Å²) in [4.78, 5) is 7.75. The van der Waals surface area contributed by atoms with Crippen LogP contribution >= 0.6 is 15.9 Å². The molecule has 0 saturated carbocycles. The third kappa shape index (κ3) is 3.24. The van der Waals surface area contributed by atoms with Crippen LogP contribution in [0.3, 0.4) is 0 Å². The van der Waals surface area contributed by atoms with Crippen LogP contribution in [0.15, 0.2) is 10.8 Å². The molecule has 1 aromatic rings. The van der Waals surface area contributed by atoms with Gasteiger partial charge in [0.1, 0.15) is 28.5 Å². The van der Waals surface area contributed by atoms with Gasteiger partial charge in [0.2, 0.25) is 0 Å². The van der Waals surface area contributed by atoms with Gasteiger partial charge < -0.3 is 15.7 Å². The average Bonchev–Trinajstić information content (AvgIpc) is 2.27. The Hall–Kier alpha value is -1.02. The van der Waals surface area contributed by atoms with Crippen LogP contribution in [0.1, 0.15) is 0 Å². The molecule has 3 N–H and O–H groups in total. The monoisotopic (exact) mass is 296 g/mol. The first kappa shape index (κ1) is 13.0. The lowest BCUT2D eigenvalue weighted by atomic mass is 10.3. The standard InChI is InChI=1S/C8H11BrF2N4O/c1-12-7-5(9)8(15-3-14-7)13-2-4(16)6(10)11/h3-4,6,16H,2H2,1H3,(H2,12,13,14,15). The lowest BCUT2D eigenvalue weighted by Gasteiger charge is -2.13. The minimum absolute atomic E-state index is 0.281. The van der Waals surface area contributed by atoms with Gasteiger partial charge in [-0.3, -0.25) is 0 Å². The molecular formula is C8H11BrF2N4O. The molecule has 1 unspecified atom stereocenters. The largest absolute Gasteiger partial charge is 0.385 e. The second-order valence-corrected chi connectivity index (χ2v) is 3.71. The molecule has 0 fully saturated rings. The number of hydrogen-bond acceptors (Lipinski definition) is 5. The van der Waals surface area contributed by atoms with Crippen molar-refractivity contribution in [1.82, 2.24) is 9.97 Å². The predicted molar refractivity (Wildman–Crippen MR) is 59.8 cm³/mol. The molecular weight excluding hydrogens is 286 g/mol. The van der Waals surface area contributed by atoms with E-state index in [1.54, 1.807) is 7.05 Å². The highest BCUT2D eigenvalue weighted by atomic mass is 79.9. The maximum absolute atomic E-state index is 12.0. The number of nitrogens with zero attached hydrogens (tertiary/aromatic N) is 2. The Morgan fingerprint density at radius 2 is 2.06 bits per heavy atom. The molecule has 1 atom stereocenters. The molecule has 1 heterocycles. The van der Waals surface area contributed by atoms with E-state index >= 15 is 0 Å². The van der Waals surface area contributed by atoms with E-state index in [9.17, 15) is 8.78 Å². The summed E-state index contributed by atoms with van der Waals surface area (Å²) in [5, 5.41) is 14.3. The normalized spacial score (nSPS) is 12.6. The number of nitrogens with one attached hydrogen (secondary N) is 2. The molecule has 1 aromatic heterocycles. The highest BCUT2D eigenvalue weighted by Gasteiger charge is 2.17. The van der Waals surface area contributed by atoms with Crippen molar-refractivity contribution in [3.8, 4) is 0 Å². The zero-order valence-corrected chi connectivity index (χ0v) is 10.0. The predicted octanol–water partition coefficient (Wildman–Crippen LogP) is 1.32. The van der Waals surface area contributed by atoms with Crippen molar-refractivity contribution in [3.63, 3.8) is 0 Å². The zero-order chi connectivity index (χ0) is 12.1. The van der Waals surface area contributed by atoms with Crippen molar-refractivity contribution in [2.75, 3.05) is 24.2 Å². The number of aromatic nitrogens is 2. The van der Waals surface area contributed by atoms with Gasteiger partial charge in [-0.1, -0.05) is 0 Å². The van der Waals surface area contributed by atoms with Gasteiger partial charge in [-0.25, -0.2) is 18.7 Å². The molecule has 90 valence electrons. The molecule has 0 amide bonds. The number of aliphatic hydroxyl groups is 1. The highest BCUT2D eigenvalue weighted by molar-refractivity contribution is 9.10. The second-order valence-electron chi connectivity index (χ2n) is 2.92. The quantitative estimate of drug-likeness (QED) is 0.764. The number of rotatable bonds is 5. The molecule has 0 spiro atoms. The van der Waals surface area contributed by atoms with Crippen LogP contribution in [0.5, 0.6) is 0 Å². The summed E-state index contributed by atoms with van der Waals surface area (Å²) in [7, 11) is 1.67. The van der Waals surface area contributed by atoms with E-state index < -0.39 is 12.5 Å². The van der Waals surface area contributed by atoms with Crippen molar-refractivity contribution >= 4 is 27.6 Å².